The highest BCUT2D eigenvalue weighted by Gasteiger charge is 2.22. The molecule has 1 fully saturated rings. The molecule has 7 heteroatoms. The van der Waals surface area contributed by atoms with Crippen LogP contribution < -0.4 is 4.74 Å². The summed E-state index contributed by atoms with van der Waals surface area (Å²) in [6, 6.07) is 7.67. The molecular weight excluding hydrogens is 358 g/mol. The van der Waals surface area contributed by atoms with Crippen LogP contribution in [0.15, 0.2) is 47.3 Å². The lowest BCUT2D eigenvalue weighted by Crippen LogP contribution is -2.37. The van der Waals surface area contributed by atoms with Crippen LogP contribution in [0, 0.1) is 0 Å². The lowest BCUT2D eigenvalue weighted by molar-refractivity contribution is -0.000293. The van der Waals surface area contributed by atoms with Gasteiger partial charge in [-0.15, -0.1) is 0 Å². The highest BCUT2D eigenvalue weighted by Crippen LogP contribution is 2.25. The second-order valence-corrected chi connectivity index (χ2v) is 6.94. The van der Waals surface area contributed by atoms with E-state index in [-0.39, 0.29) is 24.3 Å². The maximum Gasteiger partial charge on any atom is 0.275 e. The van der Waals surface area contributed by atoms with Gasteiger partial charge in [-0.3, -0.25) is 9.78 Å². The Morgan fingerprint density at radius 2 is 2.25 bits per heavy atom. The molecule has 3 aromatic rings. The van der Waals surface area contributed by atoms with Gasteiger partial charge in [0.1, 0.15) is 12.0 Å². The zero-order valence-corrected chi connectivity index (χ0v) is 15.8. The molecule has 3 heterocycles. The topological polar surface area (TPSA) is 77.7 Å². The van der Waals surface area contributed by atoms with E-state index in [9.17, 15) is 4.79 Å². The normalized spacial score (nSPS) is 16.8. The molecule has 0 N–H and O–H groups in total. The minimum Gasteiger partial charge on any atom is -0.483 e. The van der Waals surface area contributed by atoms with Crippen molar-refractivity contribution in [2.75, 3.05) is 20.2 Å². The smallest absolute Gasteiger partial charge is 0.275 e. The van der Waals surface area contributed by atoms with Crippen molar-refractivity contribution in [2.45, 2.75) is 32.0 Å². The van der Waals surface area contributed by atoms with Crippen molar-refractivity contribution in [3.63, 3.8) is 0 Å². The first kappa shape index (κ1) is 18.4. The average Bonchev–Trinajstić information content (AvgIpc) is 3.21. The second kappa shape index (κ2) is 8.39. The van der Waals surface area contributed by atoms with Crippen LogP contribution in [0.25, 0.3) is 10.8 Å². The lowest BCUT2D eigenvalue weighted by atomic mass is 10.1. The fourth-order valence-electron chi connectivity index (χ4n) is 3.37. The van der Waals surface area contributed by atoms with Crippen molar-refractivity contribution < 1.29 is 18.7 Å². The number of oxazole rings is 1. The molecule has 4 rings (SSSR count). The van der Waals surface area contributed by atoms with Crippen molar-refractivity contribution in [2.24, 2.45) is 0 Å². The van der Waals surface area contributed by atoms with Crippen LogP contribution in [0.4, 0.5) is 0 Å². The van der Waals surface area contributed by atoms with E-state index < -0.39 is 0 Å². The largest absolute Gasteiger partial charge is 0.483 e. The zero-order valence-electron chi connectivity index (χ0n) is 15.8. The van der Waals surface area contributed by atoms with Crippen LogP contribution in [0.1, 0.15) is 35.6 Å². The molecule has 0 spiro atoms. The molecular formula is C21H23N3O4. The van der Waals surface area contributed by atoms with Crippen LogP contribution in [0.3, 0.4) is 0 Å². The summed E-state index contributed by atoms with van der Waals surface area (Å²) in [6.45, 7) is 1.47. The number of hydrogen-bond donors (Lipinski definition) is 0. The minimum atomic E-state index is -0.180. The molecule has 1 saturated heterocycles. The Labute approximate surface area is 163 Å². The first-order chi connectivity index (χ1) is 13.7. The monoisotopic (exact) mass is 381 g/mol. The first-order valence-corrected chi connectivity index (χ1v) is 9.48. The number of ether oxygens (including phenoxy) is 2. The number of carbonyl (C=O) groups excluding carboxylic acids is 1. The van der Waals surface area contributed by atoms with Gasteiger partial charge in [-0.25, -0.2) is 4.98 Å². The predicted octanol–water partition coefficient (Wildman–Crippen LogP) is 3.44. The van der Waals surface area contributed by atoms with Crippen molar-refractivity contribution >= 4 is 16.7 Å². The quantitative estimate of drug-likeness (QED) is 0.651. The fraction of sp³-hybridized carbons (Fsp3) is 0.381. The van der Waals surface area contributed by atoms with E-state index in [2.05, 4.69) is 9.97 Å². The molecule has 0 radical (unpaired) electrons. The SMILES string of the molecule is CN(CC1CCCCO1)C(=O)c1coc(COc2cccc3cnccc23)n1. The van der Waals surface area contributed by atoms with Gasteiger partial charge in [0, 0.05) is 43.4 Å². The summed E-state index contributed by atoms with van der Waals surface area (Å²) in [5.41, 5.74) is 0.277. The number of fused-ring (bicyclic) bond motifs is 1. The summed E-state index contributed by atoms with van der Waals surface area (Å²) >= 11 is 0. The summed E-state index contributed by atoms with van der Waals surface area (Å²) in [4.78, 5) is 22.6. The Kier molecular flexibility index (Phi) is 5.53. The van der Waals surface area contributed by atoms with Crippen molar-refractivity contribution in [1.29, 1.82) is 0 Å². The zero-order chi connectivity index (χ0) is 19.3. The first-order valence-electron chi connectivity index (χ1n) is 9.48. The van der Waals surface area contributed by atoms with Crippen molar-refractivity contribution in [3.8, 4) is 5.75 Å². The number of amides is 1. The number of carbonyl (C=O) groups is 1. The predicted molar refractivity (Wildman–Crippen MR) is 103 cm³/mol. The van der Waals surface area contributed by atoms with E-state index in [0.717, 1.165) is 42.4 Å². The van der Waals surface area contributed by atoms with E-state index in [4.69, 9.17) is 13.9 Å². The van der Waals surface area contributed by atoms with Gasteiger partial charge >= 0.3 is 0 Å². The molecule has 2 aromatic heterocycles. The molecule has 1 unspecified atom stereocenters. The average molecular weight is 381 g/mol. The van der Waals surface area contributed by atoms with Gasteiger partial charge in [0.2, 0.25) is 5.89 Å². The number of benzene rings is 1. The fourth-order valence-corrected chi connectivity index (χ4v) is 3.37. The van der Waals surface area contributed by atoms with Gasteiger partial charge in [0.05, 0.1) is 6.10 Å². The lowest BCUT2D eigenvalue weighted by Gasteiger charge is -2.26. The molecule has 0 bridgehead atoms. The maximum absolute atomic E-state index is 12.6. The number of rotatable bonds is 6. The second-order valence-electron chi connectivity index (χ2n) is 6.94. The Hall–Kier alpha value is -2.93. The van der Waals surface area contributed by atoms with Gasteiger partial charge in [0.15, 0.2) is 12.3 Å². The molecule has 1 aromatic carbocycles. The highest BCUT2D eigenvalue weighted by molar-refractivity contribution is 5.91. The van der Waals surface area contributed by atoms with Crippen LogP contribution in [-0.2, 0) is 11.3 Å². The summed E-state index contributed by atoms with van der Waals surface area (Å²) in [5, 5.41) is 1.96. The molecule has 7 nitrogen and oxygen atoms in total. The molecule has 0 aliphatic carbocycles. The molecule has 1 aliphatic rings. The molecule has 146 valence electrons. The van der Waals surface area contributed by atoms with E-state index >= 15 is 0 Å². The number of aromatic nitrogens is 2. The van der Waals surface area contributed by atoms with Gasteiger partial charge < -0.3 is 18.8 Å². The summed E-state index contributed by atoms with van der Waals surface area (Å²) in [5.74, 6) is 0.898. The number of hydrogen-bond acceptors (Lipinski definition) is 6. The third kappa shape index (κ3) is 4.14. The van der Waals surface area contributed by atoms with Crippen molar-refractivity contribution in [1.82, 2.24) is 14.9 Å². The maximum atomic E-state index is 12.6. The van der Waals surface area contributed by atoms with Gasteiger partial charge in [-0.2, -0.15) is 0 Å². The Balaban J connectivity index is 1.37. The van der Waals surface area contributed by atoms with Crippen LogP contribution in [0.2, 0.25) is 0 Å². The van der Waals surface area contributed by atoms with Crippen LogP contribution in [0.5, 0.6) is 5.75 Å². The molecule has 1 atom stereocenters. The van der Waals surface area contributed by atoms with E-state index in [1.807, 2.05) is 24.3 Å². The number of likely N-dealkylation sites (N-methyl/N-ethyl adjacent to an activating group) is 1. The summed E-state index contributed by atoms with van der Waals surface area (Å²) in [7, 11) is 1.76. The van der Waals surface area contributed by atoms with Crippen molar-refractivity contribution in [3.05, 3.63) is 54.5 Å². The molecule has 1 aliphatic heterocycles. The standard InChI is InChI=1S/C21H23N3O4/c1-24(12-16-6-2-3-10-26-16)21(25)18-13-28-20(23-18)14-27-19-7-4-5-15-11-22-9-8-17(15)19/h4-5,7-9,11,13,16H,2-3,6,10,12,14H2,1H3. The van der Waals surface area contributed by atoms with Crippen LogP contribution in [-0.4, -0.2) is 47.1 Å². The third-order valence-electron chi connectivity index (χ3n) is 4.86. The number of nitrogens with zero attached hydrogens (tertiary/aromatic N) is 3. The summed E-state index contributed by atoms with van der Waals surface area (Å²) in [6.07, 6.45) is 8.20. The van der Waals surface area contributed by atoms with E-state index in [1.54, 1.807) is 24.3 Å². The number of pyridine rings is 1. The Bertz CT molecular complexity index is 944. The Morgan fingerprint density at radius 3 is 3.11 bits per heavy atom. The van der Waals surface area contributed by atoms with Gasteiger partial charge in [0.25, 0.3) is 5.91 Å². The van der Waals surface area contributed by atoms with E-state index in [1.165, 1.54) is 6.26 Å². The minimum absolute atomic E-state index is 0.0956. The third-order valence-corrected chi connectivity index (χ3v) is 4.86. The highest BCUT2D eigenvalue weighted by atomic mass is 16.5. The van der Waals surface area contributed by atoms with Gasteiger partial charge in [-0.05, 0) is 31.4 Å². The molecule has 0 saturated carbocycles. The van der Waals surface area contributed by atoms with E-state index in [0.29, 0.717) is 12.4 Å². The Morgan fingerprint density at radius 1 is 1.32 bits per heavy atom. The van der Waals surface area contributed by atoms with Gasteiger partial charge in [-0.1, -0.05) is 12.1 Å². The van der Waals surface area contributed by atoms with Crippen LogP contribution >= 0.6 is 0 Å². The molecule has 28 heavy (non-hydrogen) atoms. The summed E-state index contributed by atoms with van der Waals surface area (Å²) < 4.78 is 17.0. The molecule has 1 amide bonds.